The number of benzene rings is 7. The lowest BCUT2D eigenvalue weighted by Crippen LogP contribution is -2.00. The molecule has 238 valence electrons. The van der Waals surface area contributed by atoms with Crippen LogP contribution in [0.25, 0.3) is 104 Å². The van der Waals surface area contributed by atoms with Gasteiger partial charge in [-0.2, -0.15) is 0 Å². The molecular weight excluding hydrogens is 645 g/mol. The second kappa shape index (κ2) is 10.9. The summed E-state index contributed by atoms with van der Waals surface area (Å²) in [6.07, 6.45) is 0. The normalized spacial score (nSPS) is 14.7. The summed E-state index contributed by atoms with van der Waals surface area (Å²) in [5, 5.41) is 6.39. The topological polar surface area (TPSA) is 56.7 Å². The third kappa shape index (κ3) is 4.43. The van der Waals surface area contributed by atoms with Crippen LogP contribution in [0.15, 0.2) is 162 Å². The Morgan fingerprint density at radius 2 is 1.16 bits per heavy atom. The molecule has 11 aromatic rings. The molecular formula is C45H26N4OS. The first kappa shape index (κ1) is 20.1. The molecule has 51 heavy (non-hydrogen) atoms. The molecule has 0 atom stereocenters. The molecule has 0 spiro atoms. The zero-order valence-electron chi connectivity index (χ0n) is 36.3. The number of furan rings is 1. The molecule has 0 saturated heterocycles. The Balaban J connectivity index is 1.10. The average molecular weight is 681 g/mol. The summed E-state index contributed by atoms with van der Waals surface area (Å²) in [6.45, 7) is 0. The average Bonchev–Trinajstić information content (AvgIpc) is 3.93. The zero-order chi connectivity index (χ0) is 42.2. The van der Waals surface area contributed by atoms with Gasteiger partial charge in [-0.1, -0.05) is 103 Å². The van der Waals surface area contributed by atoms with E-state index >= 15 is 0 Å². The summed E-state index contributed by atoms with van der Waals surface area (Å²) in [6, 6.07) is 26.8. The highest BCUT2D eigenvalue weighted by molar-refractivity contribution is 7.25. The molecule has 0 aliphatic heterocycles. The molecule has 0 aliphatic carbocycles. The maximum Gasteiger partial charge on any atom is 0.164 e. The number of fused-ring (bicyclic) bond motifs is 9. The molecule has 6 heteroatoms. The van der Waals surface area contributed by atoms with Gasteiger partial charge in [0, 0.05) is 64.1 Å². The molecule has 0 amide bonds. The van der Waals surface area contributed by atoms with Gasteiger partial charge < -0.3 is 8.98 Å². The molecule has 0 aliphatic rings. The molecule has 0 N–H and O–H groups in total. The lowest BCUT2D eigenvalue weighted by molar-refractivity contribution is 0.669. The highest BCUT2D eigenvalue weighted by atomic mass is 32.1. The molecule has 5 nitrogen and oxygen atoms in total. The molecule has 0 saturated carbocycles. The maximum atomic E-state index is 8.64. The Labute approximate surface area is 309 Å². The number of rotatable bonds is 4. The van der Waals surface area contributed by atoms with Crippen LogP contribution in [0.5, 0.6) is 0 Å². The van der Waals surface area contributed by atoms with Crippen molar-refractivity contribution in [1.29, 1.82) is 0 Å². The van der Waals surface area contributed by atoms with Crippen LogP contribution < -0.4 is 0 Å². The minimum atomic E-state index is -0.611. The minimum absolute atomic E-state index is 0.0421. The lowest BCUT2D eigenvalue weighted by Gasteiger charge is -2.08. The summed E-state index contributed by atoms with van der Waals surface area (Å²) in [7, 11) is 0. The first-order valence-corrected chi connectivity index (χ1v) is 16.9. The van der Waals surface area contributed by atoms with Crippen molar-refractivity contribution in [2.45, 2.75) is 0 Å². The van der Waals surface area contributed by atoms with Gasteiger partial charge in [0.1, 0.15) is 11.2 Å². The van der Waals surface area contributed by atoms with Gasteiger partial charge in [0.05, 0.1) is 24.7 Å². The number of aromatic nitrogens is 4. The number of hydrogen-bond acceptors (Lipinski definition) is 5. The van der Waals surface area contributed by atoms with Crippen molar-refractivity contribution < 1.29 is 18.1 Å². The van der Waals surface area contributed by atoms with Gasteiger partial charge >= 0.3 is 0 Å². The predicted octanol–water partition coefficient (Wildman–Crippen LogP) is 12.2. The highest BCUT2D eigenvalue weighted by Gasteiger charge is 2.18. The van der Waals surface area contributed by atoms with Gasteiger partial charge in [-0.3, -0.25) is 0 Å². The van der Waals surface area contributed by atoms with Gasteiger partial charge in [-0.15, -0.1) is 11.3 Å². The number of hydrogen-bond donors (Lipinski definition) is 0. The van der Waals surface area contributed by atoms with E-state index in [1.807, 2.05) is 24.3 Å². The number of nitrogens with zero attached hydrogens (tertiary/aromatic N) is 4. The van der Waals surface area contributed by atoms with Crippen LogP contribution in [0.4, 0.5) is 0 Å². The second-order valence-electron chi connectivity index (χ2n) is 12.1. The van der Waals surface area contributed by atoms with E-state index in [-0.39, 0.29) is 28.6 Å². The molecule has 0 unspecified atom stereocenters. The fraction of sp³-hybridized carbons (Fsp3) is 0. The molecule has 0 radical (unpaired) electrons. The van der Waals surface area contributed by atoms with E-state index in [1.54, 1.807) is 23.5 Å². The summed E-state index contributed by atoms with van der Waals surface area (Å²) in [4.78, 5) is 13.5. The van der Waals surface area contributed by atoms with Crippen molar-refractivity contribution in [2.75, 3.05) is 0 Å². The first-order chi connectivity index (χ1) is 29.4. The fourth-order valence-corrected chi connectivity index (χ4v) is 8.08. The van der Waals surface area contributed by atoms with Crippen molar-refractivity contribution in [2.24, 2.45) is 0 Å². The number of thiophene rings is 1. The Kier molecular flexibility index (Phi) is 4.32. The van der Waals surface area contributed by atoms with Crippen molar-refractivity contribution in [3.8, 4) is 39.9 Å². The van der Waals surface area contributed by atoms with E-state index in [2.05, 4.69) is 80.2 Å². The Morgan fingerprint density at radius 1 is 0.471 bits per heavy atom. The molecule has 4 aromatic heterocycles. The van der Waals surface area contributed by atoms with E-state index in [4.69, 9.17) is 18.1 Å². The van der Waals surface area contributed by atoms with Crippen LogP contribution in [-0.4, -0.2) is 19.5 Å². The summed E-state index contributed by atoms with van der Waals surface area (Å²) < 4.78 is 95.0. The van der Waals surface area contributed by atoms with E-state index in [1.165, 1.54) is 20.2 Å². The van der Waals surface area contributed by atoms with Crippen molar-refractivity contribution in [3.05, 3.63) is 157 Å². The van der Waals surface area contributed by atoms with E-state index < -0.39 is 60.4 Å². The van der Waals surface area contributed by atoms with Crippen LogP contribution in [-0.2, 0) is 0 Å². The third-order valence-electron chi connectivity index (χ3n) is 9.22. The highest BCUT2D eigenvalue weighted by Crippen LogP contribution is 2.41. The second-order valence-corrected chi connectivity index (χ2v) is 13.2. The van der Waals surface area contributed by atoms with Gasteiger partial charge in [0.25, 0.3) is 0 Å². The molecule has 7 aromatic carbocycles. The van der Waals surface area contributed by atoms with Gasteiger partial charge in [-0.05, 0) is 54.6 Å². The quantitative estimate of drug-likeness (QED) is 0.186. The SMILES string of the molecule is [2H]c1c([2H])c([2H])c(-c2nc(-c3ccc4c(c3)oc3ccc(-n5c6ccccc6c6cc7c(cc65)sc5ccccc57)cc34)nc(-c3c([2H])c([2H])c([2H])c([2H])c3[2H])n2)c([2H])c1[2H]. The Morgan fingerprint density at radius 3 is 1.92 bits per heavy atom. The Bertz CT molecular complexity index is 3600. The zero-order valence-corrected chi connectivity index (χ0v) is 27.2. The largest absolute Gasteiger partial charge is 0.456 e. The third-order valence-corrected chi connectivity index (χ3v) is 10.4. The minimum Gasteiger partial charge on any atom is -0.456 e. The predicted molar refractivity (Wildman–Crippen MR) is 211 cm³/mol. The van der Waals surface area contributed by atoms with Crippen LogP contribution in [0.2, 0.25) is 0 Å². The fourth-order valence-electron chi connectivity index (χ4n) is 6.96. The van der Waals surface area contributed by atoms with E-state index in [9.17, 15) is 0 Å². The van der Waals surface area contributed by atoms with Crippen molar-refractivity contribution in [3.63, 3.8) is 0 Å². The maximum absolute atomic E-state index is 8.64. The Hall–Kier alpha value is -6.63. The van der Waals surface area contributed by atoms with Crippen molar-refractivity contribution in [1.82, 2.24) is 19.5 Å². The van der Waals surface area contributed by atoms with Crippen molar-refractivity contribution >= 4 is 75.3 Å². The standard InChI is InChI=1S/C45H26N4OS/c1-3-11-27(12-4-1)43-46-44(28-13-5-2-6-14-28)48-45(47-43)29-19-21-32-35-24-30(20-22-39(35)50-40(32)23-29)49-37-17-9-7-15-31(37)34-25-36-33-16-8-10-18-41(33)51-42(36)26-38(34)49/h1-26H/i1D,2D,3D,4D,5D,6D,11D,12D,13D,14D. The summed E-state index contributed by atoms with van der Waals surface area (Å²) in [5.74, 6) is -0.714. The van der Waals surface area contributed by atoms with Crippen LogP contribution in [0.3, 0.4) is 0 Å². The van der Waals surface area contributed by atoms with Crippen LogP contribution in [0.1, 0.15) is 13.7 Å². The molecule has 0 bridgehead atoms. The molecule has 11 rings (SSSR count). The monoisotopic (exact) mass is 680 g/mol. The molecule has 4 heterocycles. The lowest BCUT2D eigenvalue weighted by atomic mass is 10.1. The van der Waals surface area contributed by atoms with Crippen LogP contribution in [0, 0.1) is 0 Å². The van der Waals surface area contributed by atoms with E-state index in [0.717, 1.165) is 38.3 Å². The summed E-state index contributed by atoms with van der Waals surface area (Å²) >= 11 is 1.77. The summed E-state index contributed by atoms with van der Waals surface area (Å²) in [5.41, 5.74) is 3.90. The first-order valence-electron chi connectivity index (χ1n) is 21.1. The van der Waals surface area contributed by atoms with Crippen LogP contribution >= 0.6 is 11.3 Å². The van der Waals surface area contributed by atoms with Gasteiger partial charge in [0.2, 0.25) is 0 Å². The van der Waals surface area contributed by atoms with Gasteiger partial charge in [0.15, 0.2) is 17.5 Å². The van der Waals surface area contributed by atoms with Gasteiger partial charge in [-0.25, -0.2) is 15.0 Å². The molecule has 0 fully saturated rings. The van der Waals surface area contributed by atoms with E-state index in [0.29, 0.717) is 16.7 Å². The number of para-hydroxylation sites is 1. The smallest absolute Gasteiger partial charge is 0.164 e.